The molecule has 1 amide bonds. The first-order valence-electron chi connectivity index (χ1n) is 6.26. The Labute approximate surface area is 122 Å². The molecule has 0 saturated heterocycles. The van der Waals surface area contributed by atoms with Gasteiger partial charge < -0.3 is 14.7 Å². The van der Waals surface area contributed by atoms with Gasteiger partial charge in [0.05, 0.1) is 10.6 Å². The first-order valence-corrected chi connectivity index (χ1v) is 7.06. The second kappa shape index (κ2) is 7.50. The van der Waals surface area contributed by atoms with Crippen molar-refractivity contribution in [1.82, 2.24) is 4.90 Å². The van der Waals surface area contributed by atoms with Gasteiger partial charge >= 0.3 is 0 Å². The Hall–Kier alpha value is -1.07. The second-order valence-corrected chi connectivity index (χ2v) is 5.56. The monoisotopic (exact) mass is 329 g/mol. The van der Waals surface area contributed by atoms with E-state index in [2.05, 4.69) is 15.9 Å². The van der Waals surface area contributed by atoms with E-state index in [1.165, 1.54) is 0 Å². The van der Waals surface area contributed by atoms with Gasteiger partial charge in [0, 0.05) is 12.6 Å². The molecular weight excluding hydrogens is 310 g/mol. The van der Waals surface area contributed by atoms with Gasteiger partial charge in [-0.2, -0.15) is 0 Å². The van der Waals surface area contributed by atoms with E-state index in [0.29, 0.717) is 12.3 Å². The zero-order valence-corrected chi connectivity index (χ0v) is 13.1. The minimum Gasteiger partial charge on any atom is -0.483 e. The van der Waals surface area contributed by atoms with Crippen molar-refractivity contribution < 1.29 is 14.6 Å². The number of aliphatic hydroxyl groups excluding tert-OH is 1. The van der Waals surface area contributed by atoms with Gasteiger partial charge in [-0.3, -0.25) is 4.79 Å². The molecule has 0 aliphatic carbocycles. The number of carbonyl (C=O) groups excluding carboxylic acids is 1. The molecule has 1 aromatic carbocycles. The number of hydrogen-bond acceptors (Lipinski definition) is 3. The number of hydrogen-bond donors (Lipinski definition) is 1. The van der Waals surface area contributed by atoms with Gasteiger partial charge in [0.2, 0.25) is 0 Å². The lowest BCUT2D eigenvalue weighted by Crippen LogP contribution is -2.43. The second-order valence-electron chi connectivity index (χ2n) is 4.71. The average Bonchev–Trinajstić information content (AvgIpc) is 2.34. The van der Waals surface area contributed by atoms with Crippen molar-refractivity contribution in [2.75, 3.05) is 13.2 Å². The molecular formula is C14H20BrNO3. The Kier molecular flexibility index (Phi) is 6.31. The quantitative estimate of drug-likeness (QED) is 0.872. The molecule has 0 radical (unpaired) electrons. The summed E-state index contributed by atoms with van der Waals surface area (Å²) >= 11 is 3.36. The molecule has 5 heteroatoms. The molecule has 0 fully saturated rings. The predicted octanol–water partition coefficient (Wildman–Crippen LogP) is 2.45. The van der Waals surface area contributed by atoms with E-state index >= 15 is 0 Å². The fraction of sp³-hybridized carbons (Fsp3) is 0.500. The molecule has 1 unspecified atom stereocenters. The van der Waals surface area contributed by atoms with Crippen LogP contribution in [0.3, 0.4) is 0 Å². The Morgan fingerprint density at radius 3 is 2.53 bits per heavy atom. The van der Waals surface area contributed by atoms with Crippen LogP contribution in [-0.2, 0) is 4.79 Å². The summed E-state index contributed by atoms with van der Waals surface area (Å²) in [7, 11) is 0. The van der Waals surface area contributed by atoms with Crippen molar-refractivity contribution in [3.05, 3.63) is 28.7 Å². The largest absolute Gasteiger partial charge is 0.483 e. The van der Waals surface area contributed by atoms with Crippen LogP contribution in [0.4, 0.5) is 0 Å². The number of amides is 1. The van der Waals surface area contributed by atoms with Crippen molar-refractivity contribution in [3.63, 3.8) is 0 Å². The minimum atomic E-state index is -0.546. The molecule has 4 nitrogen and oxygen atoms in total. The highest BCUT2D eigenvalue weighted by Gasteiger charge is 2.19. The summed E-state index contributed by atoms with van der Waals surface area (Å²) in [5.74, 6) is 0.503. The lowest BCUT2D eigenvalue weighted by molar-refractivity contribution is -0.136. The summed E-state index contributed by atoms with van der Waals surface area (Å²) in [6.07, 6.45) is -0.546. The zero-order chi connectivity index (χ0) is 14.4. The maximum Gasteiger partial charge on any atom is 0.260 e. The SMILES string of the molecule is CC(O)CN(C(=O)COc1ccccc1Br)C(C)C. The van der Waals surface area contributed by atoms with Crippen LogP contribution in [0.15, 0.2) is 28.7 Å². The zero-order valence-electron chi connectivity index (χ0n) is 11.5. The van der Waals surface area contributed by atoms with Crippen LogP contribution < -0.4 is 4.74 Å². The van der Waals surface area contributed by atoms with E-state index < -0.39 is 6.10 Å². The van der Waals surface area contributed by atoms with E-state index in [-0.39, 0.29) is 18.6 Å². The predicted molar refractivity (Wildman–Crippen MR) is 78.2 cm³/mol. The van der Waals surface area contributed by atoms with Crippen molar-refractivity contribution in [1.29, 1.82) is 0 Å². The normalized spacial score (nSPS) is 12.3. The van der Waals surface area contributed by atoms with Gasteiger partial charge in [-0.25, -0.2) is 0 Å². The molecule has 0 aliphatic heterocycles. The van der Waals surface area contributed by atoms with Gasteiger partial charge in [-0.1, -0.05) is 12.1 Å². The van der Waals surface area contributed by atoms with Gasteiger partial charge in [0.1, 0.15) is 5.75 Å². The Balaban J connectivity index is 2.60. The average molecular weight is 330 g/mol. The molecule has 19 heavy (non-hydrogen) atoms. The maximum atomic E-state index is 12.1. The highest BCUT2D eigenvalue weighted by Crippen LogP contribution is 2.23. The standard InChI is InChI=1S/C14H20BrNO3/c1-10(2)16(8-11(3)17)14(18)9-19-13-7-5-4-6-12(13)15/h4-7,10-11,17H,8-9H2,1-3H3. The van der Waals surface area contributed by atoms with E-state index in [1.54, 1.807) is 17.9 Å². The molecule has 1 rings (SSSR count). The van der Waals surface area contributed by atoms with Crippen LogP contribution in [0.5, 0.6) is 5.75 Å². The summed E-state index contributed by atoms with van der Waals surface area (Å²) < 4.78 is 6.31. The molecule has 0 heterocycles. The first-order chi connectivity index (χ1) is 8.91. The number of ether oxygens (including phenoxy) is 1. The highest BCUT2D eigenvalue weighted by molar-refractivity contribution is 9.10. The number of carbonyl (C=O) groups is 1. The molecule has 0 bridgehead atoms. The van der Waals surface area contributed by atoms with Gasteiger partial charge in [-0.15, -0.1) is 0 Å². The summed E-state index contributed by atoms with van der Waals surface area (Å²) in [6, 6.07) is 7.42. The lowest BCUT2D eigenvalue weighted by atomic mass is 10.2. The van der Waals surface area contributed by atoms with Crippen LogP contribution in [0.25, 0.3) is 0 Å². The minimum absolute atomic E-state index is 0.0323. The van der Waals surface area contributed by atoms with Crippen molar-refractivity contribution in [2.24, 2.45) is 0 Å². The summed E-state index contributed by atoms with van der Waals surface area (Å²) in [6.45, 7) is 5.78. The van der Waals surface area contributed by atoms with E-state index in [4.69, 9.17) is 4.74 Å². The van der Waals surface area contributed by atoms with Crippen LogP contribution >= 0.6 is 15.9 Å². The molecule has 0 spiro atoms. The summed E-state index contributed by atoms with van der Waals surface area (Å²) in [4.78, 5) is 13.7. The number of benzene rings is 1. The Morgan fingerprint density at radius 1 is 1.37 bits per heavy atom. The fourth-order valence-corrected chi connectivity index (χ4v) is 2.07. The Bertz CT molecular complexity index is 421. The molecule has 0 aromatic heterocycles. The molecule has 0 aliphatic rings. The van der Waals surface area contributed by atoms with Crippen molar-refractivity contribution in [3.8, 4) is 5.75 Å². The van der Waals surface area contributed by atoms with Crippen LogP contribution in [0.1, 0.15) is 20.8 Å². The van der Waals surface area contributed by atoms with E-state index in [9.17, 15) is 9.90 Å². The van der Waals surface area contributed by atoms with Crippen LogP contribution in [0.2, 0.25) is 0 Å². The van der Waals surface area contributed by atoms with Gasteiger partial charge in [-0.05, 0) is 48.8 Å². The number of halogens is 1. The molecule has 106 valence electrons. The smallest absolute Gasteiger partial charge is 0.260 e. The number of nitrogens with zero attached hydrogens (tertiary/aromatic N) is 1. The number of rotatable bonds is 6. The summed E-state index contributed by atoms with van der Waals surface area (Å²) in [5.41, 5.74) is 0. The lowest BCUT2D eigenvalue weighted by Gasteiger charge is -2.28. The van der Waals surface area contributed by atoms with Crippen LogP contribution in [-0.4, -0.2) is 41.2 Å². The molecule has 1 atom stereocenters. The van der Waals surface area contributed by atoms with Crippen molar-refractivity contribution >= 4 is 21.8 Å². The van der Waals surface area contributed by atoms with E-state index in [1.807, 2.05) is 32.0 Å². The third kappa shape index (κ3) is 5.20. The summed E-state index contributed by atoms with van der Waals surface area (Å²) in [5, 5.41) is 9.41. The Morgan fingerprint density at radius 2 is 2.00 bits per heavy atom. The van der Waals surface area contributed by atoms with Crippen LogP contribution in [0, 0.1) is 0 Å². The van der Waals surface area contributed by atoms with Crippen molar-refractivity contribution in [2.45, 2.75) is 32.9 Å². The third-order valence-electron chi connectivity index (χ3n) is 2.59. The number of para-hydroxylation sites is 1. The molecule has 1 aromatic rings. The highest BCUT2D eigenvalue weighted by atomic mass is 79.9. The molecule has 1 N–H and O–H groups in total. The molecule has 0 saturated carbocycles. The fourth-order valence-electron chi connectivity index (χ4n) is 1.67. The van der Waals surface area contributed by atoms with E-state index in [0.717, 1.165) is 4.47 Å². The topological polar surface area (TPSA) is 49.8 Å². The first kappa shape index (κ1) is 16.0. The maximum absolute atomic E-state index is 12.1. The van der Waals surface area contributed by atoms with Gasteiger partial charge in [0.15, 0.2) is 6.61 Å². The van der Waals surface area contributed by atoms with Gasteiger partial charge in [0.25, 0.3) is 5.91 Å². The third-order valence-corrected chi connectivity index (χ3v) is 3.25. The number of aliphatic hydroxyl groups is 1.